The lowest BCUT2D eigenvalue weighted by molar-refractivity contribution is 0.587. The average molecular weight is 293 g/mol. The minimum absolute atomic E-state index is 0.123. The van der Waals surface area contributed by atoms with Crippen LogP contribution in [0.3, 0.4) is 0 Å². The standard InChI is InChI=1S/C15H10F3NS/c1-8-3-9(2)14(11(16)4-8)10-5-12(17)15(19-7-20)13(18)6-10/h3-6H,1-2H3. The van der Waals surface area contributed by atoms with Gasteiger partial charge in [-0.2, -0.15) is 4.99 Å². The Morgan fingerprint density at radius 1 is 0.950 bits per heavy atom. The van der Waals surface area contributed by atoms with Gasteiger partial charge in [0, 0.05) is 5.56 Å². The van der Waals surface area contributed by atoms with E-state index in [4.69, 9.17) is 0 Å². The summed E-state index contributed by atoms with van der Waals surface area (Å²) in [5.41, 5.74) is 1.12. The van der Waals surface area contributed by atoms with Crippen molar-refractivity contribution in [2.24, 2.45) is 4.99 Å². The van der Waals surface area contributed by atoms with E-state index in [-0.39, 0.29) is 11.1 Å². The van der Waals surface area contributed by atoms with Crippen LogP contribution in [0.1, 0.15) is 11.1 Å². The summed E-state index contributed by atoms with van der Waals surface area (Å²) in [4.78, 5) is 3.32. The van der Waals surface area contributed by atoms with Crippen molar-refractivity contribution in [1.82, 2.24) is 0 Å². The number of hydrogen-bond acceptors (Lipinski definition) is 2. The molecule has 0 heterocycles. The molecule has 2 aromatic carbocycles. The second-order valence-corrected chi connectivity index (χ2v) is 4.61. The van der Waals surface area contributed by atoms with Gasteiger partial charge in [-0.1, -0.05) is 6.07 Å². The normalized spacial score (nSPS) is 10.2. The monoisotopic (exact) mass is 293 g/mol. The van der Waals surface area contributed by atoms with Crippen LogP contribution in [0, 0.1) is 31.3 Å². The van der Waals surface area contributed by atoms with Gasteiger partial charge in [0.05, 0.1) is 5.16 Å². The smallest absolute Gasteiger partial charge is 0.153 e. The van der Waals surface area contributed by atoms with Crippen molar-refractivity contribution in [2.45, 2.75) is 13.8 Å². The molecule has 0 bridgehead atoms. The third kappa shape index (κ3) is 2.64. The molecule has 0 spiro atoms. The minimum atomic E-state index is -0.906. The van der Waals surface area contributed by atoms with Gasteiger partial charge >= 0.3 is 0 Å². The quantitative estimate of drug-likeness (QED) is 0.553. The highest BCUT2D eigenvalue weighted by molar-refractivity contribution is 7.78. The summed E-state index contributed by atoms with van der Waals surface area (Å²) in [5, 5.41) is 1.91. The molecule has 2 rings (SSSR count). The maximum atomic E-state index is 14.0. The van der Waals surface area contributed by atoms with E-state index in [9.17, 15) is 13.2 Å². The molecule has 0 aromatic heterocycles. The predicted molar refractivity (Wildman–Crippen MR) is 75.9 cm³/mol. The molecule has 0 aliphatic heterocycles. The molecule has 0 N–H and O–H groups in total. The molecule has 0 aliphatic carbocycles. The Bertz CT molecular complexity index is 688. The van der Waals surface area contributed by atoms with Crippen molar-refractivity contribution in [3.63, 3.8) is 0 Å². The van der Waals surface area contributed by atoms with Crippen LogP contribution in [0.4, 0.5) is 18.9 Å². The zero-order valence-electron chi connectivity index (χ0n) is 10.8. The molecular weight excluding hydrogens is 283 g/mol. The van der Waals surface area contributed by atoms with E-state index in [1.165, 1.54) is 6.07 Å². The largest absolute Gasteiger partial charge is 0.206 e. The van der Waals surface area contributed by atoms with Gasteiger partial charge in [0.25, 0.3) is 0 Å². The van der Waals surface area contributed by atoms with Crippen LogP contribution in [0.25, 0.3) is 11.1 Å². The number of aliphatic imine (C=N–C) groups is 1. The van der Waals surface area contributed by atoms with Gasteiger partial charge in [-0.05, 0) is 61.0 Å². The number of rotatable bonds is 2. The Balaban J connectivity index is 2.69. The van der Waals surface area contributed by atoms with Crippen molar-refractivity contribution < 1.29 is 13.2 Å². The van der Waals surface area contributed by atoms with E-state index in [2.05, 4.69) is 17.2 Å². The van der Waals surface area contributed by atoms with E-state index < -0.39 is 23.1 Å². The summed E-state index contributed by atoms with van der Waals surface area (Å²) in [6, 6.07) is 5.14. The molecule has 1 nitrogen and oxygen atoms in total. The van der Waals surface area contributed by atoms with Gasteiger partial charge in [-0.3, -0.25) is 0 Å². The molecule has 20 heavy (non-hydrogen) atoms. The molecule has 5 heteroatoms. The lowest BCUT2D eigenvalue weighted by Gasteiger charge is -2.10. The fraction of sp³-hybridized carbons (Fsp3) is 0.133. The summed E-state index contributed by atoms with van der Waals surface area (Å²) in [6.07, 6.45) is 0. The van der Waals surface area contributed by atoms with Crippen molar-refractivity contribution in [3.8, 4) is 11.1 Å². The third-order valence-corrected chi connectivity index (χ3v) is 2.99. The topological polar surface area (TPSA) is 12.4 Å². The van der Waals surface area contributed by atoms with E-state index >= 15 is 0 Å². The molecule has 0 saturated carbocycles. The Morgan fingerprint density at radius 3 is 2.05 bits per heavy atom. The second kappa shape index (κ2) is 5.57. The highest BCUT2D eigenvalue weighted by Gasteiger charge is 2.15. The highest BCUT2D eigenvalue weighted by Crippen LogP contribution is 2.32. The van der Waals surface area contributed by atoms with Crippen LogP contribution in [-0.4, -0.2) is 5.16 Å². The molecule has 0 saturated heterocycles. The van der Waals surface area contributed by atoms with Gasteiger partial charge in [0.15, 0.2) is 11.6 Å². The summed E-state index contributed by atoms with van der Waals surface area (Å²) >= 11 is 4.33. The zero-order valence-corrected chi connectivity index (χ0v) is 11.6. The van der Waals surface area contributed by atoms with Gasteiger partial charge in [0.1, 0.15) is 11.5 Å². The summed E-state index contributed by atoms with van der Waals surface area (Å²) < 4.78 is 41.6. The zero-order chi connectivity index (χ0) is 14.9. The predicted octanol–water partition coefficient (Wildman–Crippen LogP) is 5.12. The first-order valence-electron chi connectivity index (χ1n) is 5.78. The first-order valence-corrected chi connectivity index (χ1v) is 6.19. The van der Waals surface area contributed by atoms with Crippen molar-refractivity contribution in [1.29, 1.82) is 0 Å². The molecule has 0 amide bonds. The van der Waals surface area contributed by atoms with Crippen LogP contribution < -0.4 is 0 Å². The van der Waals surface area contributed by atoms with Gasteiger partial charge in [0.2, 0.25) is 0 Å². The fourth-order valence-electron chi connectivity index (χ4n) is 2.14. The van der Waals surface area contributed by atoms with E-state index in [0.717, 1.165) is 17.7 Å². The Labute approximate surface area is 119 Å². The second-order valence-electron chi connectivity index (χ2n) is 4.43. The van der Waals surface area contributed by atoms with E-state index in [1.54, 1.807) is 19.9 Å². The van der Waals surface area contributed by atoms with Gasteiger partial charge < -0.3 is 0 Å². The number of isothiocyanates is 1. The maximum Gasteiger partial charge on any atom is 0.153 e. The summed E-state index contributed by atoms with van der Waals surface area (Å²) in [5.74, 6) is -2.33. The highest BCUT2D eigenvalue weighted by atomic mass is 32.1. The molecule has 0 atom stereocenters. The van der Waals surface area contributed by atoms with Gasteiger partial charge in [-0.15, -0.1) is 0 Å². The fourth-order valence-corrected chi connectivity index (χ4v) is 2.23. The lowest BCUT2D eigenvalue weighted by atomic mass is 9.97. The SMILES string of the molecule is Cc1cc(C)c(-c2cc(F)c(N=C=S)c(F)c2)c(F)c1. The van der Waals surface area contributed by atoms with Crippen LogP contribution in [0.15, 0.2) is 29.3 Å². The van der Waals surface area contributed by atoms with Crippen molar-refractivity contribution >= 4 is 23.1 Å². The lowest BCUT2D eigenvalue weighted by Crippen LogP contribution is -1.93. The molecule has 0 unspecified atom stereocenters. The number of benzene rings is 2. The maximum absolute atomic E-state index is 14.0. The Morgan fingerprint density at radius 2 is 1.55 bits per heavy atom. The Kier molecular flexibility index (Phi) is 4.02. The average Bonchev–Trinajstić information content (AvgIpc) is 2.32. The van der Waals surface area contributed by atoms with Crippen molar-refractivity contribution in [3.05, 3.63) is 52.8 Å². The molecule has 2 aromatic rings. The molecular formula is C15H10F3NS. The number of hydrogen-bond donors (Lipinski definition) is 0. The summed E-state index contributed by atoms with van der Waals surface area (Å²) in [6.45, 7) is 3.43. The molecule has 0 radical (unpaired) electrons. The number of nitrogens with zero attached hydrogens (tertiary/aromatic N) is 1. The number of thiocarbonyl (C=S) groups is 1. The Hall–Kier alpha value is -1.97. The minimum Gasteiger partial charge on any atom is -0.206 e. The van der Waals surface area contributed by atoms with Crippen LogP contribution in [-0.2, 0) is 0 Å². The first-order chi connectivity index (χ1) is 9.43. The third-order valence-electron chi connectivity index (χ3n) is 2.89. The van der Waals surface area contributed by atoms with Crippen LogP contribution >= 0.6 is 12.2 Å². The van der Waals surface area contributed by atoms with Gasteiger partial charge in [-0.25, -0.2) is 13.2 Å². The number of aryl methyl sites for hydroxylation is 2. The first kappa shape index (κ1) is 14.4. The number of halogens is 3. The molecule has 0 aliphatic rings. The van der Waals surface area contributed by atoms with E-state index in [1.807, 2.05) is 5.16 Å². The molecule has 102 valence electrons. The van der Waals surface area contributed by atoms with Crippen LogP contribution in [0.2, 0.25) is 0 Å². The van der Waals surface area contributed by atoms with E-state index in [0.29, 0.717) is 5.56 Å². The van der Waals surface area contributed by atoms with Crippen molar-refractivity contribution in [2.75, 3.05) is 0 Å². The van der Waals surface area contributed by atoms with Crippen LogP contribution in [0.5, 0.6) is 0 Å². The molecule has 0 fully saturated rings. The summed E-state index contributed by atoms with van der Waals surface area (Å²) in [7, 11) is 0.